The normalized spacial score (nSPS) is 18.8. The van der Waals surface area contributed by atoms with Crippen LogP contribution in [-0.2, 0) is 12.8 Å². The van der Waals surface area contributed by atoms with E-state index in [1.165, 1.54) is 41.4 Å². The van der Waals surface area contributed by atoms with Crippen LogP contribution < -0.4 is 0 Å². The van der Waals surface area contributed by atoms with Gasteiger partial charge in [0.05, 0.1) is 0 Å². The zero-order valence-corrected chi connectivity index (χ0v) is 12.5. The molecule has 2 heterocycles. The molecule has 3 heteroatoms. The number of carbonyl (C=O) groups excluding carboxylic acids is 1. The second kappa shape index (κ2) is 5.21. The largest absolute Gasteiger partial charge is 0.358 e. The molecule has 1 saturated heterocycles. The second-order valence-electron chi connectivity index (χ2n) is 6.40. The molecule has 1 aliphatic heterocycles. The van der Waals surface area contributed by atoms with Gasteiger partial charge in [0, 0.05) is 35.2 Å². The molecule has 2 aliphatic rings. The number of H-pyrrole nitrogens is 1. The van der Waals surface area contributed by atoms with Gasteiger partial charge in [-0.1, -0.05) is 0 Å². The number of benzene rings is 1. The van der Waals surface area contributed by atoms with E-state index in [9.17, 15) is 4.79 Å². The van der Waals surface area contributed by atoms with E-state index in [1.54, 1.807) is 0 Å². The number of nitrogens with zero attached hydrogens (tertiary/aromatic N) is 1. The summed E-state index contributed by atoms with van der Waals surface area (Å²) in [4.78, 5) is 18.2. The van der Waals surface area contributed by atoms with Gasteiger partial charge in [-0.3, -0.25) is 4.79 Å². The zero-order chi connectivity index (χ0) is 14.2. The first-order valence-corrected chi connectivity index (χ1v) is 8.26. The van der Waals surface area contributed by atoms with E-state index in [2.05, 4.69) is 17.1 Å². The summed E-state index contributed by atoms with van der Waals surface area (Å²) in [6, 6.07) is 6.19. The number of fused-ring (bicyclic) bond motifs is 3. The van der Waals surface area contributed by atoms with E-state index in [-0.39, 0.29) is 5.91 Å². The number of aromatic nitrogens is 1. The highest BCUT2D eigenvalue weighted by molar-refractivity contribution is 5.99. The molecule has 0 unspecified atom stereocenters. The molecule has 0 saturated carbocycles. The van der Waals surface area contributed by atoms with Crippen LogP contribution in [0.3, 0.4) is 0 Å². The predicted molar refractivity (Wildman–Crippen MR) is 84.7 cm³/mol. The Morgan fingerprint density at radius 3 is 2.67 bits per heavy atom. The van der Waals surface area contributed by atoms with Crippen molar-refractivity contribution < 1.29 is 4.79 Å². The van der Waals surface area contributed by atoms with Crippen molar-refractivity contribution in [2.75, 3.05) is 13.1 Å². The van der Waals surface area contributed by atoms with E-state index < -0.39 is 0 Å². The van der Waals surface area contributed by atoms with Crippen LogP contribution in [0.25, 0.3) is 10.9 Å². The second-order valence-corrected chi connectivity index (χ2v) is 6.40. The van der Waals surface area contributed by atoms with Crippen LogP contribution in [0.15, 0.2) is 18.2 Å². The zero-order valence-electron chi connectivity index (χ0n) is 12.5. The molecule has 0 spiro atoms. The molecule has 1 fully saturated rings. The van der Waals surface area contributed by atoms with E-state index >= 15 is 0 Å². The van der Waals surface area contributed by atoms with Gasteiger partial charge in [-0.15, -0.1) is 0 Å². The van der Waals surface area contributed by atoms with Crippen molar-refractivity contribution in [2.45, 2.75) is 44.9 Å². The molecule has 0 radical (unpaired) electrons. The van der Waals surface area contributed by atoms with Crippen molar-refractivity contribution in [3.63, 3.8) is 0 Å². The first-order valence-electron chi connectivity index (χ1n) is 8.26. The van der Waals surface area contributed by atoms with E-state index in [4.69, 9.17) is 0 Å². The highest BCUT2D eigenvalue weighted by atomic mass is 16.2. The molecule has 1 aliphatic carbocycles. The maximum Gasteiger partial charge on any atom is 0.253 e. The lowest BCUT2D eigenvalue weighted by molar-refractivity contribution is 0.0724. The number of aromatic amines is 1. The molecular formula is C18H22N2O. The Bertz CT molecular complexity index is 680. The number of nitrogens with one attached hydrogen (secondary N) is 1. The minimum absolute atomic E-state index is 0.211. The minimum Gasteiger partial charge on any atom is -0.358 e. The first-order chi connectivity index (χ1) is 10.3. The molecule has 0 bridgehead atoms. The Hall–Kier alpha value is -1.77. The summed E-state index contributed by atoms with van der Waals surface area (Å²) in [5.41, 5.74) is 4.89. The van der Waals surface area contributed by atoms with Crippen molar-refractivity contribution in [3.05, 3.63) is 35.0 Å². The van der Waals surface area contributed by atoms with Gasteiger partial charge in [0.1, 0.15) is 0 Å². The van der Waals surface area contributed by atoms with Crippen LogP contribution in [0.1, 0.15) is 53.7 Å². The number of amides is 1. The summed E-state index contributed by atoms with van der Waals surface area (Å²) >= 11 is 0. The maximum atomic E-state index is 12.6. The standard InChI is InChI=1S/C18H22N2O/c21-18(20-10-4-1-5-11-20)13-8-9-17-15(12-13)14-6-2-3-7-16(14)19-17/h8-9,12,19H,1-7,10-11H2. The summed E-state index contributed by atoms with van der Waals surface area (Å²) in [5, 5.41) is 1.27. The van der Waals surface area contributed by atoms with E-state index in [0.29, 0.717) is 0 Å². The fraction of sp³-hybridized carbons (Fsp3) is 0.500. The van der Waals surface area contributed by atoms with Gasteiger partial charge in [0.25, 0.3) is 5.91 Å². The first kappa shape index (κ1) is 12.9. The predicted octanol–water partition coefficient (Wildman–Crippen LogP) is 3.67. The highest BCUT2D eigenvalue weighted by Gasteiger charge is 2.20. The SMILES string of the molecule is O=C(c1ccc2[nH]c3c(c2c1)CCCC3)N1CCCCC1. The van der Waals surface area contributed by atoms with Gasteiger partial charge in [-0.25, -0.2) is 0 Å². The lowest BCUT2D eigenvalue weighted by atomic mass is 9.95. The van der Waals surface area contributed by atoms with Crippen molar-refractivity contribution >= 4 is 16.8 Å². The average molecular weight is 282 g/mol. The lowest BCUT2D eigenvalue weighted by Gasteiger charge is -2.26. The average Bonchev–Trinajstić information content (AvgIpc) is 2.93. The number of rotatable bonds is 1. The molecule has 1 aromatic carbocycles. The number of hydrogen-bond donors (Lipinski definition) is 1. The van der Waals surface area contributed by atoms with Crippen molar-refractivity contribution in [3.8, 4) is 0 Å². The van der Waals surface area contributed by atoms with Gasteiger partial charge < -0.3 is 9.88 Å². The number of hydrogen-bond acceptors (Lipinski definition) is 1. The summed E-state index contributed by atoms with van der Waals surface area (Å²) in [7, 11) is 0. The number of carbonyl (C=O) groups is 1. The van der Waals surface area contributed by atoms with Crippen molar-refractivity contribution in [2.24, 2.45) is 0 Å². The number of aryl methyl sites for hydroxylation is 2. The van der Waals surface area contributed by atoms with Gasteiger partial charge in [-0.2, -0.15) is 0 Å². The quantitative estimate of drug-likeness (QED) is 0.851. The van der Waals surface area contributed by atoms with Crippen LogP contribution >= 0.6 is 0 Å². The van der Waals surface area contributed by atoms with Crippen molar-refractivity contribution in [1.82, 2.24) is 9.88 Å². The van der Waals surface area contributed by atoms with Gasteiger partial charge in [-0.05, 0) is 68.7 Å². The van der Waals surface area contributed by atoms with Crippen LogP contribution in [0, 0.1) is 0 Å². The minimum atomic E-state index is 0.211. The van der Waals surface area contributed by atoms with Gasteiger partial charge in [0.2, 0.25) is 0 Å². The van der Waals surface area contributed by atoms with Crippen LogP contribution in [-0.4, -0.2) is 28.9 Å². The third-order valence-corrected chi connectivity index (χ3v) is 4.99. The monoisotopic (exact) mass is 282 g/mol. The third-order valence-electron chi connectivity index (χ3n) is 4.99. The molecule has 1 N–H and O–H groups in total. The molecule has 1 aromatic heterocycles. The molecule has 0 atom stereocenters. The summed E-state index contributed by atoms with van der Waals surface area (Å²) in [6.45, 7) is 1.84. The van der Waals surface area contributed by atoms with Crippen LogP contribution in [0.2, 0.25) is 0 Å². The molecule has 2 aromatic rings. The summed E-state index contributed by atoms with van der Waals surface area (Å²) in [5.74, 6) is 0.211. The Balaban J connectivity index is 1.71. The fourth-order valence-electron chi connectivity index (χ4n) is 3.82. The van der Waals surface area contributed by atoms with Crippen LogP contribution in [0.5, 0.6) is 0 Å². The smallest absolute Gasteiger partial charge is 0.253 e. The Kier molecular flexibility index (Phi) is 3.21. The molecule has 110 valence electrons. The molecular weight excluding hydrogens is 260 g/mol. The Labute approximate surface area is 125 Å². The number of likely N-dealkylation sites (tertiary alicyclic amines) is 1. The topological polar surface area (TPSA) is 36.1 Å². The van der Waals surface area contributed by atoms with Crippen LogP contribution in [0.4, 0.5) is 0 Å². The van der Waals surface area contributed by atoms with E-state index in [0.717, 1.165) is 44.3 Å². The molecule has 21 heavy (non-hydrogen) atoms. The lowest BCUT2D eigenvalue weighted by Crippen LogP contribution is -2.35. The fourth-order valence-corrected chi connectivity index (χ4v) is 3.82. The van der Waals surface area contributed by atoms with Gasteiger partial charge in [0.15, 0.2) is 0 Å². The number of piperidine rings is 1. The molecule has 3 nitrogen and oxygen atoms in total. The summed E-state index contributed by atoms with van der Waals surface area (Å²) < 4.78 is 0. The highest BCUT2D eigenvalue weighted by Crippen LogP contribution is 2.30. The van der Waals surface area contributed by atoms with Crippen molar-refractivity contribution in [1.29, 1.82) is 0 Å². The molecule has 1 amide bonds. The maximum absolute atomic E-state index is 12.6. The molecule has 4 rings (SSSR count). The Morgan fingerprint density at radius 2 is 1.81 bits per heavy atom. The summed E-state index contributed by atoms with van der Waals surface area (Å²) in [6.07, 6.45) is 8.40. The van der Waals surface area contributed by atoms with Gasteiger partial charge >= 0.3 is 0 Å². The Morgan fingerprint density at radius 1 is 1.00 bits per heavy atom. The third kappa shape index (κ3) is 2.25. The van der Waals surface area contributed by atoms with E-state index in [1.807, 2.05) is 11.0 Å².